The van der Waals surface area contributed by atoms with Crippen LogP contribution in [-0.2, 0) is 0 Å². The van der Waals surface area contributed by atoms with Crippen molar-refractivity contribution in [1.29, 1.82) is 0 Å². The maximum Gasteiger partial charge on any atom is 0.573 e. The van der Waals surface area contributed by atoms with Crippen LogP contribution in [0.1, 0.15) is 36.8 Å². The highest BCUT2D eigenvalue weighted by molar-refractivity contribution is 5.80. The number of nitrogens with one attached hydrogen (secondary N) is 3. The van der Waals surface area contributed by atoms with E-state index in [1.54, 1.807) is 6.21 Å². The third-order valence-corrected chi connectivity index (χ3v) is 4.58. The molecule has 3 aromatic rings. The molecule has 0 bridgehead atoms. The molecular weight excluding hydrogens is 520 g/mol. The van der Waals surface area contributed by atoms with Crippen molar-refractivity contribution in [3.05, 3.63) is 59.7 Å². The van der Waals surface area contributed by atoms with Crippen LogP contribution in [-0.4, -0.2) is 45.5 Å². The van der Waals surface area contributed by atoms with Crippen LogP contribution in [0.15, 0.2) is 53.6 Å². The summed E-state index contributed by atoms with van der Waals surface area (Å²) >= 11 is 0. The molecule has 1 heterocycles. The maximum absolute atomic E-state index is 12.3. The van der Waals surface area contributed by atoms with Crippen molar-refractivity contribution in [2.45, 2.75) is 38.2 Å². The van der Waals surface area contributed by atoms with Crippen LogP contribution in [0, 0.1) is 0 Å². The van der Waals surface area contributed by atoms with Gasteiger partial charge in [0.05, 0.1) is 6.21 Å². The molecule has 1 aliphatic rings. The summed E-state index contributed by atoms with van der Waals surface area (Å²) in [5.41, 5.74) is 5.34. The lowest BCUT2D eigenvalue weighted by Crippen LogP contribution is -2.17. The van der Waals surface area contributed by atoms with E-state index in [4.69, 9.17) is 5.11 Å². The number of aromatic nitrogens is 3. The van der Waals surface area contributed by atoms with E-state index in [0.717, 1.165) is 17.7 Å². The van der Waals surface area contributed by atoms with E-state index in [1.807, 2.05) is 12.1 Å². The molecule has 0 radical (unpaired) electrons. The Labute approximate surface area is 213 Å². The zero-order valence-electron chi connectivity index (χ0n) is 19.8. The zero-order chi connectivity index (χ0) is 27.8. The monoisotopic (exact) mass is 543 g/mol. The fourth-order valence-corrected chi connectivity index (χ4v) is 2.94. The fraction of sp³-hybridized carbons (Fsp3) is 0.304. The summed E-state index contributed by atoms with van der Waals surface area (Å²) < 4.78 is 71.8. The number of anilines is 4. The largest absolute Gasteiger partial charge is 0.573 e. The second kappa shape index (κ2) is 12.4. The second-order valence-corrected chi connectivity index (χ2v) is 7.93. The van der Waals surface area contributed by atoms with E-state index in [-0.39, 0.29) is 30.5 Å². The minimum Gasteiger partial charge on any atom is -0.406 e. The molecule has 15 heteroatoms. The Morgan fingerprint density at radius 3 is 2.05 bits per heavy atom. The summed E-state index contributed by atoms with van der Waals surface area (Å²) in [5.74, 6) is 0.561. The number of nitrogens with zero attached hydrogens (tertiary/aromatic N) is 4. The SMILES string of the molecule is CC(F)(F)F.OCNc1nc(N/N=C/c2ccc(C3CC3)cc2)nc(Nc2ccc(OC(F)(F)F)cc2)n1. The van der Waals surface area contributed by atoms with Gasteiger partial charge in [0.2, 0.25) is 17.8 Å². The van der Waals surface area contributed by atoms with E-state index in [1.165, 1.54) is 30.5 Å². The third-order valence-electron chi connectivity index (χ3n) is 4.58. The van der Waals surface area contributed by atoms with E-state index in [2.05, 4.69) is 53.0 Å². The molecule has 204 valence electrons. The van der Waals surface area contributed by atoms with Gasteiger partial charge in [0, 0.05) is 12.6 Å². The molecule has 1 aromatic heterocycles. The molecule has 0 unspecified atom stereocenters. The number of hydrogen-bond donors (Lipinski definition) is 4. The zero-order valence-corrected chi connectivity index (χ0v) is 19.8. The van der Waals surface area contributed by atoms with Gasteiger partial charge in [0.1, 0.15) is 12.5 Å². The summed E-state index contributed by atoms with van der Waals surface area (Å²) in [6.45, 7) is -0.226. The van der Waals surface area contributed by atoms with Crippen LogP contribution < -0.4 is 20.8 Å². The first-order valence-corrected chi connectivity index (χ1v) is 11.1. The molecule has 1 aliphatic carbocycles. The number of aliphatic hydroxyl groups is 1. The number of halogens is 6. The van der Waals surface area contributed by atoms with Gasteiger partial charge < -0.3 is 20.5 Å². The fourth-order valence-electron chi connectivity index (χ4n) is 2.94. The first kappa shape index (κ1) is 28.4. The Hall–Kier alpha value is -4.14. The number of alkyl halides is 6. The molecule has 38 heavy (non-hydrogen) atoms. The van der Waals surface area contributed by atoms with Crippen LogP contribution >= 0.6 is 0 Å². The van der Waals surface area contributed by atoms with E-state index in [9.17, 15) is 26.3 Å². The Kier molecular flexibility index (Phi) is 9.28. The van der Waals surface area contributed by atoms with Gasteiger partial charge in [-0.3, -0.25) is 0 Å². The van der Waals surface area contributed by atoms with Gasteiger partial charge in [-0.2, -0.15) is 33.2 Å². The van der Waals surface area contributed by atoms with Crippen LogP contribution in [0.3, 0.4) is 0 Å². The lowest BCUT2D eigenvalue weighted by atomic mass is 10.1. The molecule has 0 aliphatic heterocycles. The molecule has 0 spiro atoms. The maximum atomic E-state index is 12.3. The Balaban J connectivity index is 0.000000732. The molecular formula is C23H23F6N7O2. The van der Waals surface area contributed by atoms with Crippen molar-refractivity contribution in [2.24, 2.45) is 5.10 Å². The normalized spacial score (nSPS) is 13.5. The van der Waals surface area contributed by atoms with Crippen molar-refractivity contribution < 1.29 is 36.2 Å². The number of aliphatic hydroxyl groups excluding tert-OH is 1. The Morgan fingerprint density at radius 1 is 0.921 bits per heavy atom. The highest BCUT2D eigenvalue weighted by atomic mass is 19.4. The summed E-state index contributed by atoms with van der Waals surface area (Å²) in [7, 11) is 0. The first-order chi connectivity index (χ1) is 17.9. The highest BCUT2D eigenvalue weighted by Gasteiger charge is 2.31. The predicted octanol–water partition coefficient (Wildman–Crippen LogP) is 5.77. The van der Waals surface area contributed by atoms with Crippen LogP contribution in [0.2, 0.25) is 0 Å². The molecule has 4 N–H and O–H groups in total. The number of ether oxygens (including phenoxy) is 1. The quantitative estimate of drug-likeness (QED) is 0.116. The average molecular weight is 543 g/mol. The lowest BCUT2D eigenvalue weighted by Gasteiger charge is -2.11. The minimum absolute atomic E-state index is 0.0681. The molecule has 0 saturated heterocycles. The third kappa shape index (κ3) is 10.9. The number of hydrazone groups is 1. The van der Waals surface area contributed by atoms with E-state index >= 15 is 0 Å². The molecule has 0 atom stereocenters. The van der Waals surface area contributed by atoms with Gasteiger partial charge >= 0.3 is 12.5 Å². The van der Waals surface area contributed by atoms with Gasteiger partial charge in [-0.15, -0.1) is 13.2 Å². The molecule has 0 amide bonds. The van der Waals surface area contributed by atoms with Crippen molar-refractivity contribution in [2.75, 3.05) is 22.8 Å². The summed E-state index contributed by atoms with van der Waals surface area (Å²) in [5, 5.41) is 18.7. The predicted molar refractivity (Wildman–Crippen MR) is 128 cm³/mol. The van der Waals surface area contributed by atoms with E-state index < -0.39 is 19.3 Å². The van der Waals surface area contributed by atoms with Crippen LogP contribution in [0.4, 0.5) is 49.9 Å². The van der Waals surface area contributed by atoms with Gasteiger partial charge in [0.15, 0.2) is 0 Å². The van der Waals surface area contributed by atoms with Crippen molar-refractivity contribution in [1.82, 2.24) is 15.0 Å². The Bertz CT molecular complexity index is 1190. The molecule has 2 aromatic carbocycles. The number of benzene rings is 2. The van der Waals surface area contributed by atoms with Gasteiger partial charge in [-0.05, 0) is 54.2 Å². The second-order valence-electron chi connectivity index (χ2n) is 7.93. The Morgan fingerprint density at radius 2 is 1.50 bits per heavy atom. The first-order valence-electron chi connectivity index (χ1n) is 11.1. The van der Waals surface area contributed by atoms with Crippen molar-refractivity contribution in [3.63, 3.8) is 0 Å². The van der Waals surface area contributed by atoms with E-state index in [0.29, 0.717) is 11.6 Å². The smallest absolute Gasteiger partial charge is 0.406 e. The van der Waals surface area contributed by atoms with Crippen LogP contribution in [0.25, 0.3) is 0 Å². The standard InChI is InChI=1S/C21H20F3N7O2.C2H3F3/c22-21(23,24)33-17-9-7-16(8-10-17)27-19-28-18(25-12-32)29-20(30-19)31-26-11-13-1-3-14(4-2-13)15-5-6-15;1-2(3,4)5/h1-4,7-11,15,32H,5-6,12H2,(H3,25,27,28,29,30,31);1H3/b26-11+;. The summed E-state index contributed by atoms with van der Waals surface area (Å²) in [4.78, 5) is 12.4. The highest BCUT2D eigenvalue weighted by Crippen LogP contribution is 2.39. The molecule has 1 saturated carbocycles. The number of rotatable bonds is 9. The number of hydrogen-bond acceptors (Lipinski definition) is 9. The van der Waals surface area contributed by atoms with Gasteiger partial charge in [0.25, 0.3) is 0 Å². The van der Waals surface area contributed by atoms with Crippen molar-refractivity contribution in [3.8, 4) is 5.75 Å². The summed E-state index contributed by atoms with van der Waals surface area (Å²) in [6.07, 6.45) is -4.68. The lowest BCUT2D eigenvalue weighted by molar-refractivity contribution is -0.274. The van der Waals surface area contributed by atoms with Crippen LogP contribution in [0.5, 0.6) is 5.75 Å². The van der Waals surface area contributed by atoms with Crippen molar-refractivity contribution >= 4 is 29.7 Å². The van der Waals surface area contributed by atoms with Gasteiger partial charge in [-0.25, -0.2) is 5.43 Å². The molecule has 1 fully saturated rings. The minimum atomic E-state index is -4.77. The van der Waals surface area contributed by atoms with Gasteiger partial charge in [-0.1, -0.05) is 24.3 Å². The molecule has 9 nitrogen and oxygen atoms in total. The topological polar surface area (TPSA) is 117 Å². The summed E-state index contributed by atoms with van der Waals surface area (Å²) in [6, 6.07) is 13.2. The average Bonchev–Trinajstić information content (AvgIpc) is 3.65. The molecule has 4 rings (SSSR count).